The Morgan fingerprint density at radius 2 is 2.19 bits per heavy atom. The lowest BCUT2D eigenvalue weighted by Crippen LogP contribution is -1.98. The zero-order chi connectivity index (χ0) is 11.4. The summed E-state index contributed by atoms with van der Waals surface area (Å²) in [5, 5.41) is 0. The number of aromatic nitrogens is 1. The summed E-state index contributed by atoms with van der Waals surface area (Å²) in [4.78, 5) is 6.50. The molecule has 1 aromatic heterocycles. The van der Waals surface area contributed by atoms with Gasteiger partial charge in [0.1, 0.15) is 0 Å². The molecule has 0 aliphatic rings. The smallest absolute Gasteiger partial charge is 0.0410 e. The highest BCUT2D eigenvalue weighted by Gasteiger charge is 2.02. The van der Waals surface area contributed by atoms with E-state index in [0.717, 1.165) is 10.5 Å². The topological polar surface area (TPSA) is 38.9 Å². The van der Waals surface area contributed by atoms with Crippen LogP contribution in [-0.2, 0) is 6.54 Å². The molecule has 0 aliphatic heterocycles. The van der Waals surface area contributed by atoms with E-state index < -0.39 is 0 Å². The van der Waals surface area contributed by atoms with E-state index in [2.05, 4.69) is 36.2 Å². The third kappa shape index (κ3) is 2.62. The summed E-state index contributed by atoms with van der Waals surface area (Å²) in [6.45, 7) is 2.65. The van der Waals surface area contributed by atoms with Crippen LogP contribution in [0.5, 0.6) is 0 Å². The van der Waals surface area contributed by atoms with Gasteiger partial charge in [0.2, 0.25) is 0 Å². The number of pyridine rings is 1. The van der Waals surface area contributed by atoms with Crippen LogP contribution < -0.4 is 5.73 Å². The van der Waals surface area contributed by atoms with Gasteiger partial charge < -0.3 is 5.73 Å². The Bertz CT molecular complexity index is 483. The molecule has 3 heteroatoms. The van der Waals surface area contributed by atoms with Crippen molar-refractivity contribution in [2.24, 2.45) is 5.73 Å². The summed E-state index contributed by atoms with van der Waals surface area (Å²) < 4.78 is 0. The van der Waals surface area contributed by atoms with Crippen molar-refractivity contribution in [2.45, 2.75) is 23.3 Å². The Balaban J connectivity index is 2.26. The predicted octanol–water partition coefficient (Wildman–Crippen LogP) is 3.00. The van der Waals surface area contributed by atoms with Gasteiger partial charge in [-0.2, -0.15) is 0 Å². The van der Waals surface area contributed by atoms with Gasteiger partial charge in [0.25, 0.3) is 0 Å². The molecule has 0 unspecified atom stereocenters. The van der Waals surface area contributed by atoms with E-state index >= 15 is 0 Å². The monoisotopic (exact) mass is 230 g/mol. The van der Waals surface area contributed by atoms with E-state index in [9.17, 15) is 0 Å². The van der Waals surface area contributed by atoms with Crippen LogP contribution in [0.4, 0.5) is 0 Å². The van der Waals surface area contributed by atoms with Crippen LogP contribution in [0.1, 0.15) is 11.1 Å². The first kappa shape index (κ1) is 11.2. The van der Waals surface area contributed by atoms with Crippen LogP contribution in [0.15, 0.2) is 52.5 Å². The lowest BCUT2D eigenvalue weighted by molar-refractivity contribution is 1.00. The van der Waals surface area contributed by atoms with Crippen molar-refractivity contribution in [1.29, 1.82) is 0 Å². The summed E-state index contributed by atoms with van der Waals surface area (Å²) in [5.74, 6) is 0. The number of nitrogens with zero attached hydrogens (tertiary/aromatic N) is 1. The lowest BCUT2D eigenvalue weighted by Gasteiger charge is -2.06. The van der Waals surface area contributed by atoms with Gasteiger partial charge >= 0.3 is 0 Å². The van der Waals surface area contributed by atoms with Crippen molar-refractivity contribution >= 4 is 11.8 Å². The largest absolute Gasteiger partial charge is 0.326 e. The average molecular weight is 230 g/mol. The molecule has 2 N–H and O–H groups in total. The first-order valence-electron chi connectivity index (χ1n) is 5.17. The lowest BCUT2D eigenvalue weighted by atomic mass is 10.2. The van der Waals surface area contributed by atoms with Crippen molar-refractivity contribution < 1.29 is 0 Å². The number of nitrogens with two attached hydrogens (primary N) is 1. The minimum atomic E-state index is 0.552. The number of hydrogen-bond donors (Lipinski definition) is 1. The van der Waals surface area contributed by atoms with Gasteiger partial charge in [-0.25, -0.2) is 0 Å². The normalized spacial score (nSPS) is 10.4. The minimum Gasteiger partial charge on any atom is -0.326 e. The van der Waals surface area contributed by atoms with Crippen molar-refractivity contribution in [3.05, 3.63) is 53.9 Å². The molecule has 1 heterocycles. The van der Waals surface area contributed by atoms with Gasteiger partial charge in [0.05, 0.1) is 0 Å². The Hall–Kier alpha value is -1.32. The highest BCUT2D eigenvalue weighted by molar-refractivity contribution is 7.99. The second kappa shape index (κ2) is 5.14. The SMILES string of the molecule is Cc1cccc(Sc2cnccc2CN)c1. The number of rotatable bonds is 3. The third-order valence-corrected chi connectivity index (χ3v) is 3.38. The fourth-order valence-electron chi connectivity index (χ4n) is 1.48. The van der Waals surface area contributed by atoms with Crippen LogP contribution in [0.2, 0.25) is 0 Å². The Kier molecular flexibility index (Phi) is 3.59. The second-order valence-corrected chi connectivity index (χ2v) is 4.72. The molecule has 0 spiro atoms. The second-order valence-electron chi connectivity index (χ2n) is 3.61. The molecule has 0 amide bonds. The highest BCUT2D eigenvalue weighted by atomic mass is 32.2. The Morgan fingerprint density at radius 3 is 2.94 bits per heavy atom. The van der Waals surface area contributed by atoms with Crippen molar-refractivity contribution in [3.8, 4) is 0 Å². The molecule has 2 aromatic rings. The zero-order valence-electron chi connectivity index (χ0n) is 9.18. The summed E-state index contributed by atoms with van der Waals surface area (Å²) in [7, 11) is 0. The first-order chi connectivity index (χ1) is 7.79. The average Bonchev–Trinajstić information content (AvgIpc) is 2.30. The molecule has 0 saturated carbocycles. The van der Waals surface area contributed by atoms with Crippen LogP contribution in [0.3, 0.4) is 0 Å². The van der Waals surface area contributed by atoms with Crippen molar-refractivity contribution in [3.63, 3.8) is 0 Å². The fourth-order valence-corrected chi connectivity index (χ4v) is 2.52. The summed E-state index contributed by atoms with van der Waals surface area (Å²) in [6, 6.07) is 10.4. The molecule has 2 nitrogen and oxygen atoms in total. The predicted molar refractivity (Wildman–Crippen MR) is 67.4 cm³/mol. The summed E-state index contributed by atoms with van der Waals surface area (Å²) >= 11 is 1.71. The van der Waals surface area contributed by atoms with E-state index in [4.69, 9.17) is 5.73 Å². The minimum absolute atomic E-state index is 0.552. The van der Waals surface area contributed by atoms with E-state index in [1.165, 1.54) is 10.5 Å². The molecular weight excluding hydrogens is 216 g/mol. The highest BCUT2D eigenvalue weighted by Crippen LogP contribution is 2.29. The zero-order valence-corrected chi connectivity index (χ0v) is 10.00. The first-order valence-corrected chi connectivity index (χ1v) is 5.98. The van der Waals surface area contributed by atoms with Gasteiger partial charge in [-0.15, -0.1) is 0 Å². The molecule has 82 valence electrons. The van der Waals surface area contributed by atoms with Gasteiger partial charge in [0.15, 0.2) is 0 Å². The maximum absolute atomic E-state index is 5.69. The molecule has 2 rings (SSSR count). The summed E-state index contributed by atoms with van der Waals surface area (Å²) in [6.07, 6.45) is 3.65. The van der Waals surface area contributed by atoms with Gasteiger partial charge in [-0.05, 0) is 30.7 Å². The maximum Gasteiger partial charge on any atom is 0.0410 e. The number of aryl methyl sites for hydroxylation is 1. The Morgan fingerprint density at radius 1 is 1.31 bits per heavy atom. The molecule has 1 aromatic carbocycles. The van der Waals surface area contributed by atoms with Crippen LogP contribution in [0.25, 0.3) is 0 Å². The number of benzene rings is 1. The summed E-state index contributed by atoms with van der Waals surface area (Å²) in [5.41, 5.74) is 8.10. The molecule has 0 fully saturated rings. The molecule has 0 aliphatic carbocycles. The van der Waals surface area contributed by atoms with E-state index in [1.807, 2.05) is 12.3 Å². The molecule has 0 radical (unpaired) electrons. The van der Waals surface area contributed by atoms with Gasteiger partial charge in [-0.1, -0.05) is 29.5 Å². The standard InChI is InChI=1S/C13H14N2S/c1-10-3-2-4-12(7-10)16-13-9-15-6-5-11(13)8-14/h2-7,9H,8,14H2,1H3. The molecule has 0 atom stereocenters. The van der Waals surface area contributed by atoms with Crippen molar-refractivity contribution in [2.75, 3.05) is 0 Å². The van der Waals surface area contributed by atoms with Gasteiger partial charge in [0, 0.05) is 28.7 Å². The molecular formula is C13H14N2S. The molecule has 16 heavy (non-hydrogen) atoms. The molecule has 0 saturated heterocycles. The fraction of sp³-hybridized carbons (Fsp3) is 0.154. The van der Waals surface area contributed by atoms with Crippen LogP contribution in [-0.4, -0.2) is 4.98 Å². The van der Waals surface area contributed by atoms with Crippen molar-refractivity contribution in [1.82, 2.24) is 4.98 Å². The Labute approximate surface area is 99.9 Å². The quantitative estimate of drug-likeness (QED) is 0.881. The number of hydrogen-bond acceptors (Lipinski definition) is 3. The maximum atomic E-state index is 5.69. The van der Waals surface area contributed by atoms with Crippen LogP contribution in [0, 0.1) is 6.92 Å². The van der Waals surface area contributed by atoms with Gasteiger partial charge in [-0.3, -0.25) is 4.98 Å². The third-order valence-electron chi connectivity index (χ3n) is 2.31. The van der Waals surface area contributed by atoms with E-state index in [1.54, 1.807) is 18.0 Å². The van der Waals surface area contributed by atoms with E-state index in [-0.39, 0.29) is 0 Å². The van der Waals surface area contributed by atoms with Crippen LogP contribution >= 0.6 is 11.8 Å². The molecule has 0 bridgehead atoms. The van der Waals surface area contributed by atoms with E-state index in [0.29, 0.717) is 6.54 Å².